The normalized spacial score (nSPS) is 10.3. The molecule has 0 aliphatic rings. The van der Waals surface area contributed by atoms with Crippen LogP contribution in [-0.4, -0.2) is 22.9 Å². The number of furan rings is 1. The average Bonchev–Trinajstić information content (AvgIpc) is 2.72. The summed E-state index contributed by atoms with van der Waals surface area (Å²) >= 11 is 0. The smallest absolute Gasteiger partial charge is 0.404 e. The van der Waals surface area contributed by atoms with Crippen molar-refractivity contribution < 1.29 is 9.34 Å². The number of rotatable bonds is 6. The fraction of sp³-hybridized carbons (Fsp3) is 0.500. The molecule has 0 fully saturated rings. The third kappa shape index (κ3) is 3.37. The highest BCUT2D eigenvalue weighted by molar-refractivity contribution is 5.17. The lowest BCUT2D eigenvalue weighted by Gasteiger charge is -2.16. The predicted octanol–water partition coefficient (Wildman–Crippen LogP) is 1.92. The van der Waals surface area contributed by atoms with Gasteiger partial charge in [-0.05, 0) is 12.6 Å². The van der Waals surface area contributed by atoms with Crippen LogP contribution in [0.3, 0.4) is 0 Å². The molecule has 86 valence electrons. The third-order valence-electron chi connectivity index (χ3n) is 2.19. The van der Waals surface area contributed by atoms with Gasteiger partial charge in [-0.1, -0.05) is 6.92 Å². The Hall–Kier alpha value is -1.87. The van der Waals surface area contributed by atoms with Gasteiger partial charge in [0.15, 0.2) is 0 Å². The van der Waals surface area contributed by atoms with E-state index < -0.39 is 4.92 Å². The van der Waals surface area contributed by atoms with Crippen LogP contribution in [0.4, 0.5) is 5.88 Å². The molecule has 0 unspecified atom stereocenters. The van der Waals surface area contributed by atoms with Crippen LogP contribution >= 0.6 is 0 Å². The lowest BCUT2D eigenvalue weighted by atomic mass is 10.3. The average molecular weight is 223 g/mol. The van der Waals surface area contributed by atoms with Gasteiger partial charge >= 0.3 is 5.88 Å². The minimum Gasteiger partial charge on any atom is -0.404 e. The molecule has 6 heteroatoms. The maximum Gasteiger partial charge on any atom is 0.433 e. The van der Waals surface area contributed by atoms with Crippen molar-refractivity contribution >= 4 is 5.88 Å². The molecule has 0 saturated carbocycles. The summed E-state index contributed by atoms with van der Waals surface area (Å²) in [5.41, 5.74) is 0. The van der Waals surface area contributed by atoms with E-state index in [2.05, 4.69) is 6.07 Å². The minimum absolute atomic E-state index is 0.244. The van der Waals surface area contributed by atoms with Gasteiger partial charge in [-0.15, -0.1) is 0 Å². The number of hydrogen-bond acceptors (Lipinski definition) is 5. The van der Waals surface area contributed by atoms with Crippen LogP contribution in [-0.2, 0) is 6.54 Å². The first-order valence-electron chi connectivity index (χ1n) is 4.99. The second kappa shape index (κ2) is 5.88. The monoisotopic (exact) mass is 223 g/mol. The highest BCUT2D eigenvalue weighted by Gasteiger charge is 2.13. The van der Waals surface area contributed by atoms with Crippen LogP contribution in [0.5, 0.6) is 0 Å². The molecule has 1 aromatic heterocycles. The minimum atomic E-state index is -0.560. The van der Waals surface area contributed by atoms with Crippen molar-refractivity contribution in [3.8, 4) is 6.07 Å². The Kier molecular flexibility index (Phi) is 4.48. The molecule has 1 heterocycles. The fourth-order valence-electron chi connectivity index (χ4n) is 1.33. The SMILES string of the molecule is CCN(CCC#N)Cc1ccc([N+](=O)[O-])o1. The Labute approximate surface area is 93.2 Å². The molecule has 0 bridgehead atoms. The van der Waals surface area contributed by atoms with E-state index in [1.807, 2.05) is 11.8 Å². The van der Waals surface area contributed by atoms with Gasteiger partial charge in [0.05, 0.1) is 18.7 Å². The van der Waals surface area contributed by atoms with E-state index in [-0.39, 0.29) is 5.88 Å². The van der Waals surface area contributed by atoms with E-state index >= 15 is 0 Å². The second-order valence-corrected chi connectivity index (χ2v) is 3.27. The van der Waals surface area contributed by atoms with Gasteiger partial charge in [-0.2, -0.15) is 5.26 Å². The maximum absolute atomic E-state index is 10.4. The molecule has 0 amide bonds. The molecule has 0 aliphatic heterocycles. The summed E-state index contributed by atoms with van der Waals surface area (Å²) < 4.78 is 5.03. The Morgan fingerprint density at radius 3 is 2.88 bits per heavy atom. The summed E-state index contributed by atoms with van der Waals surface area (Å²) in [4.78, 5) is 11.8. The Bertz CT molecular complexity index is 394. The summed E-state index contributed by atoms with van der Waals surface area (Å²) in [6.07, 6.45) is 0.441. The van der Waals surface area contributed by atoms with E-state index in [9.17, 15) is 10.1 Å². The molecule has 0 spiro atoms. The zero-order valence-corrected chi connectivity index (χ0v) is 9.05. The molecule has 0 N–H and O–H groups in total. The predicted molar refractivity (Wildman–Crippen MR) is 56.5 cm³/mol. The standard InChI is InChI=1S/C10H13N3O3/c1-2-12(7-3-6-11)8-9-4-5-10(16-9)13(14)15/h4-5H,2-3,7-8H2,1H3. The lowest BCUT2D eigenvalue weighted by molar-refractivity contribution is -0.402. The zero-order valence-electron chi connectivity index (χ0n) is 9.05. The van der Waals surface area contributed by atoms with Crippen LogP contribution in [0.15, 0.2) is 16.5 Å². The number of nitro groups is 1. The molecule has 0 saturated heterocycles. The van der Waals surface area contributed by atoms with Crippen LogP contribution in [0.2, 0.25) is 0 Å². The first kappa shape index (κ1) is 12.2. The molecule has 0 atom stereocenters. The second-order valence-electron chi connectivity index (χ2n) is 3.27. The van der Waals surface area contributed by atoms with Gasteiger partial charge in [-0.25, -0.2) is 0 Å². The van der Waals surface area contributed by atoms with Crippen LogP contribution < -0.4 is 0 Å². The van der Waals surface area contributed by atoms with Crippen LogP contribution in [0, 0.1) is 21.4 Å². The van der Waals surface area contributed by atoms with Crippen molar-refractivity contribution in [3.05, 3.63) is 28.0 Å². The van der Waals surface area contributed by atoms with E-state index in [0.29, 0.717) is 25.3 Å². The van der Waals surface area contributed by atoms with E-state index in [1.165, 1.54) is 6.07 Å². The van der Waals surface area contributed by atoms with Gasteiger partial charge in [0.1, 0.15) is 10.7 Å². The van der Waals surface area contributed by atoms with Crippen molar-refractivity contribution in [1.82, 2.24) is 4.90 Å². The summed E-state index contributed by atoms with van der Waals surface area (Å²) in [5.74, 6) is 0.304. The molecule has 0 aromatic carbocycles. The molecule has 1 rings (SSSR count). The largest absolute Gasteiger partial charge is 0.433 e. The highest BCUT2D eigenvalue weighted by Crippen LogP contribution is 2.17. The molecule has 0 aliphatic carbocycles. The molecular weight excluding hydrogens is 210 g/mol. The molecule has 0 radical (unpaired) electrons. The summed E-state index contributed by atoms with van der Waals surface area (Å²) in [5, 5.41) is 18.9. The molecular formula is C10H13N3O3. The maximum atomic E-state index is 10.4. The van der Waals surface area contributed by atoms with Gasteiger partial charge < -0.3 is 4.42 Å². The third-order valence-corrected chi connectivity index (χ3v) is 2.19. The zero-order chi connectivity index (χ0) is 12.0. The van der Waals surface area contributed by atoms with E-state index in [4.69, 9.17) is 9.68 Å². The number of hydrogen-bond donors (Lipinski definition) is 0. The fourth-order valence-corrected chi connectivity index (χ4v) is 1.33. The molecule has 1 aromatic rings. The Balaban J connectivity index is 2.57. The van der Waals surface area contributed by atoms with Crippen LogP contribution in [0.1, 0.15) is 19.1 Å². The number of nitrogens with zero attached hydrogens (tertiary/aromatic N) is 3. The Morgan fingerprint density at radius 1 is 1.62 bits per heavy atom. The summed E-state index contributed by atoms with van der Waals surface area (Å²) in [6.45, 7) is 3.87. The highest BCUT2D eigenvalue weighted by atomic mass is 16.6. The quantitative estimate of drug-likeness (QED) is 0.543. The molecule has 6 nitrogen and oxygen atoms in total. The molecule has 16 heavy (non-hydrogen) atoms. The topological polar surface area (TPSA) is 83.3 Å². The van der Waals surface area contributed by atoms with Crippen molar-refractivity contribution in [3.63, 3.8) is 0 Å². The summed E-state index contributed by atoms with van der Waals surface area (Å²) in [6, 6.07) is 4.99. The van der Waals surface area contributed by atoms with Crippen LogP contribution in [0.25, 0.3) is 0 Å². The van der Waals surface area contributed by atoms with Gasteiger partial charge in [0.25, 0.3) is 0 Å². The lowest BCUT2D eigenvalue weighted by Crippen LogP contribution is -2.23. The van der Waals surface area contributed by atoms with Gasteiger partial charge in [-0.3, -0.25) is 15.0 Å². The van der Waals surface area contributed by atoms with Gasteiger partial charge in [0.2, 0.25) is 0 Å². The van der Waals surface area contributed by atoms with Crippen molar-refractivity contribution in [1.29, 1.82) is 5.26 Å². The van der Waals surface area contributed by atoms with Gasteiger partial charge in [0, 0.05) is 13.0 Å². The number of nitriles is 1. The summed E-state index contributed by atoms with van der Waals surface area (Å²) in [7, 11) is 0. The Morgan fingerprint density at radius 2 is 2.38 bits per heavy atom. The first-order chi connectivity index (χ1) is 7.67. The van der Waals surface area contributed by atoms with E-state index in [1.54, 1.807) is 6.07 Å². The van der Waals surface area contributed by atoms with E-state index in [0.717, 1.165) is 6.54 Å². The first-order valence-corrected chi connectivity index (χ1v) is 4.99. The van der Waals surface area contributed by atoms with Crippen molar-refractivity contribution in [2.24, 2.45) is 0 Å². The van der Waals surface area contributed by atoms with Crippen molar-refractivity contribution in [2.45, 2.75) is 19.9 Å². The van der Waals surface area contributed by atoms with Crippen molar-refractivity contribution in [2.75, 3.05) is 13.1 Å².